The van der Waals surface area contributed by atoms with Crippen molar-refractivity contribution >= 4 is 11.9 Å². The maximum Gasteiger partial charge on any atom is 0.331 e. The zero-order valence-electron chi connectivity index (χ0n) is 4.63. The van der Waals surface area contributed by atoms with E-state index in [1.807, 2.05) is 0 Å². The van der Waals surface area contributed by atoms with Crippen molar-refractivity contribution in [1.29, 1.82) is 0 Å². The molecule has 0 aromatic rings. The molecule has 0 unspecified atom stereocenters. The Morgan fingerprint density at radius 1 is 1.33 bits per heavy atom. The average molecular weight is 131 g/mol. The number of hydrogen-bond acceptors (Lipinski definition) is 2. The van der Waals surface area contributed by atoms with Gasteiger partial charge in [0, 0.05) is 5.57 Å². The number of carbonyl (C=O) groups is 2. The molecule has 0 saturated heterocycles. The topological polar surface area (TPSA) is 74.6 Å². The van der Waals surface area contributed by atoms with E-state index < -0.39 is 18.4 Å². The summed E-state index contributed by atoms with van der Waals surface area (Å²) in [7, 11) is 0. The highest BCUT2D eigenvalue weighted by Gasteiger charge is 2.07. The molecule has 0 amide bonds. The second kappa shape index (κ2) is 2.86. The molecular weight excluding hydrogens is 125 g/mol. The first-order chi connectivity index (χ1) is 4.04. The smallest absolute Gasteiger partial charge is 0.331 e. The van der Waals surface area contributed by atoms with Gasteiger partial charge in [-0.25, -0.2) is 4.79 Å². The van der Waals surface area contributed by atoms with E-state index in [1.54, 1.807) is 0 Å². The summed E-state index contributed by atoms with van der Waals surface area (Å²) in [5, 5.41) is 16.1. The lowest BCUT2D eigenvalue weighted by molar-refractivity contribution is -0.139. The SMILES string of the molecule is [13CH2]=C(CC(=O)O)C(=O)O. The van der Waals surface area contributed by atoms with Crippen LogP contribution in [0.25, 0.3) is 0 Å². The molecule has 0 aromatic carbocycles. The van der Waals surface area contributed by atoms with Gasteiger partial charge in [0.15, 0.2) is 0 Å². The van der Waals surface area contributed by atoms with Gasteiger partial charge in [-0.3, -0.25) is 4.79 Å². The van der Waals surface area contributed by atoms with Gasteiger partial charge in [0.2, 0.25) is 0 Å². The Balaban J connectivity index is 3.79. The summed E-state index contributed by atoms with van der Waals surface area (Å²) >= 11 is 0. The van der Waals surface area contributed by atoms with Crippen molar-refractivity contribution in [3.05, 3.63) is 12.2 Å². The van der Waals surface area contributed by atoms with Gasteiger partial charge in [0.05, 0.1) is 6.42 Å². The molecule has 0 radical (unpaired) electrons. The van der Waals surface area contributed by atoms with Crippen LogP contribution < -0.4 is 0 Å². The molecule has 0 atom stereocenters. The molecular formula is C5H6O4. The van der Waals surface area contributed by atoms with Gasteiger partial charge in [-0.05, 0) is 0 Å². The zero-order chi connectivity index (χ0) is 7.44. The summed E-state index contributed by atoms with van der Waals surface area (Å²) in [5.74, 6) is -2.44. The molecule has 0 saturated carbocycles. The Morgan fingerprint density at radius 2 is 1.78 bits per heavy atom. The lowest BCUT2D eigenvalue weighted by Crippen LogP contribution is -2.04. The minimum atomic E-state index is -1.27. The van der Waals surface area contributed by atoms with Gasteiger partial charge in [0.1, 0.15) is 0 Å². The maximum atomic E-state index is 9.87. The van der Waals surface area contributed by atoms with Crippen LogP contribution in [-0.2, 0) is 9.59 Å². The molecule has 0 aliphatic carbocycles. The predicted octanol–water partition coefficient (Wildman–Crippen LogP) is 0.102. The summed E-state index contributed by atoms with van der Waals surface area (Å²) in [6, 6.07) is 0. The van der Waals surface area contributed by atoms with Crippen molar-refractivity contribution in [2.75, 3.05) is 0 Å². The van der Waals surface area contributed by atoms with E-state index in [2.05, 4.69) is 6.58 Å². The fourth-order valence-electron chi connectivity index (χ4n) is 0.258. The Morgan fingerprint density at radius 3 is 1.89 bits per heavy atom. The number of carboxylic acids is 2. The quantitative estimate of drug-likeness (QED) is 0.420. The lowest BCUT2D eigenvalue weighted by Gasteiger charge is -1.91. The molecule has 0 aliphatic heterocycles. The van der Waals surface area contributed by atoms with E-state index in [1.165, 1.54) is 0 Å². The van der Waals surface area contributed by atoms with Crippen LogP contribution in [0.5, 0.6) is 0 Å². The van der Waals surface area contributed by atoms with Crippen molar-refractivity contribution in [2.45, 2.75) is 6.42 Å². The first-order valence-corrected chi connectivity index (χ1v) is 2.17. The van der Waals surface area contributed by atoms with Crippen molar-refractivity contribution in [1.82, 2.24) is 0 Å². The molecule has 50 valence electrons. The van der Waals surface area contributed by atoms with Gasteiger partial charge < -0.3 is 10.2 Å². The van der Waals surface area contributed by atoms with Crippen molar-refractivity contribution < 1.29 is 19.8 Å². The largest absolute Gasteiger partial charge is 0.481 e. The van der Waals surface area contributed by atoms with Crippen LogP contribution in [0.2, 0.25) is 0 Å². The van der Waals surface area contributed by atoms with E-state index in [0.717, 1.165) is 0 Å². The molecule has 4 heteroatoms. The lowest BCUT2D eigenvalue weighted by atomic mass is 10.3. The van der Waals surface area contributed by atoms with E-state index >= 15 is 0 Å². The Hall–Kier alpha value is -1.32. The summed E-state index contributed by atoms with van der Waals surface area (Å²) in [4.78, 5) is 19.7. The van der Waals surface area contributed by atoms with Gasteiger partial charge in [0.25, 0.3) is 0 Å². The maximum absolute atomic E-state index is 9.87. The number of carboxylic acid groups (broad SMARTS) is 2. The second-order valence-corrected chi connectivity index (χ2v) is 1.48. The molecule has 4 nitrogen and oxygen atoms in total. The Labute approximate surface area is 51.4 Å². The minimum Gasteiger partial charge on any atom is -0.481 e. The zero-order valence-corrected chi connectivity index (χ0v) is 4.63. The summed E-state index contributed by atoms with van der Waals surface area (Å²) in [5.41, 5.74) is -0.303. The highest BCUT2D eigenvalue weighted by Crippen LogP contribution is 1.95. The predicted molar refractivity (Wildman–Crippen MR) is 29.0 cm³/mol. The monoisotopic (exact) mass is 131 g/mol. The van der Waals surface area contributed by atoms with Crippen LogP contribution in [-0.4, -0.2) is 22.2 Å². The van der Waals surface area contributed by atoms with Gasteiger partial charge in [-0.1, -0.05) is 6.58 Å². The average Bonchev–Trinajstić information content (AvgIpc) is 1.63. The second-order valence-electron chi connectivity index (χ2n) is 1.48. The van der Waals surface area contributed by atoms with Gasteiger partial charge in [-0.2, -0.15) is 0 Å². The molecule has 9 heavy (non-hydrogen) atoms. The van der Waals surface area contributed by atoms with Crippen LogP contribution >= 0.6 is 0 Å². The molecule has 0 heterocycles. The van der Waals surface area contributed by atoms with Crippen LogP contribution in [0.3, 0.4) is 0 Å². The molecule has 0 rings (SSSR count). The van der Waals surface area contributed by atoms with Crippen molar-refractivity contribution in [3.8, 4) is 0 Å². The number of rotatable bonds is 3. The van der Waals surface area contributed by atoms with Crippen LogP contribution in [0.15, 0.2) is 12.2 Å². The molecule has 0 fully saturated rings. The summed E-state index contributed by atoms with van der Waals surface area (Å²) in [6.07, 6.45) is -0.505. The standard InChI is InChI=1S/C5H6O4/c1-3(5(8)9)2-4(6)7/h1-2H2,(H,6,7)(H,8,9)/i1+1. The molecule has 0 bridgehead atoms. The fraction of sp³-hybridized carbons (Fsp3) is 0.200. The number of aliphatic carboxylic acids is 2. The van der Waals surface area contributed by atoms with E-state index in [9.17, 15) is 9.59 Å². The first-order valence-electron chi connectivity index (χ1n) is 2.17. The third kappa shape index (κ3) is 3.28. The third-order valence-corrected chi connectivity index (χ3v) is 0.667. The van der Waals surface area contributed by atoms with E-state index in [4.69, 9.17) is 10.2 Å². The Bertz CT molecular complexity index is 158. The van der Waals surface area contributed by atoms with Crippen LogP contribution in [0.1, 0.15) is 6.42 Å². The van der Waals surface area contributed by atoms with E-state index in [-0.39, 0.29) is 5.57 Å². The van der Waals surface area contributed by atoms with Crippen molar-refractivity contribution in [2.24, 2.45) is 0 Å². The number of hydrogen-bond donors (Lipinski definition) is 2. The molecule has 0 aliphatic rings. The van der Waals surface area contributed by atoms with Gasteiger partial charge in [-0.15, -0.1) is 0 Å². The summed E-state index contributed by atoms with van der Waals surface area (Å²) < 4.78 is 0. The molecule has 0 spiro atoms. The first kappa shape index (κ1) is 7.68. The highest BCUT2D eigenvalue weighted by atomic mass is 16.4. The minimum absolute atomic E-state index is 0.303. The molecule has 2 N–H and O–H groups in total. The highest BCUT2D eigenvalue weighted by molar-refractivity contribution is 5.91. The van der Waals surface area contributed by atoms with E-state index in [0.29, 0.717) is 0 Å². The van der Waals surface area contributed by atoms with Crippen LogP contribution in [0, 0.1) is 0 Å². The van der Waals surface area contributed by atoms with Crippen LogP contribution in [0.4, 0.5) is 0 Å². The Kier molecular flexibility index (Phi) is 2.44. The fourth-order valence-corrected chi connectivity index (χ4v) is 0.258. The third-order valence-electron chi connectivity index (χ3n) is 0.667. The molecule has 0 aromatic heterocycles. The van der Waals surface area contributed by atoms with Crippen molar-refractivity contribution in [3.63, 3.8) is 0 Å². The normalized spacial score (nSPS) is 8.44. The summed E-state index contributed by atoms with van der Waals surface area (Å²) in [6.45, 7) is 3.01. The van der Waals surface area contributed by atoms with Gasteiger partial charge >= 0.3 is 11.9 Å².